The van der Waals surface area contributed by atoms with Crippen LogP contribution in [0, 0.1) is 11.8 Å². The second-order valence-corrected chi connectivity index (χ2v) is 4.47. The van der Waals surface area contributed by atoms with Crippen LogP contribution in [0.4, 0.5) is 0 Å². The zero-order valence-corrected chi connectivity index (χ0v) is 10.4. The molecule has 0 aromatic heterocycles. The molecule has 0 saturated heterocycles. The monoisotopic (exact) mass is 216 g/mol. The first-order chi connectivity index (χ1) is 7.04. The molecule has 0 bridgehead atoms. The van der Waals surface area contributed by atoms with E-state index in [0.29, 0.717) is 19.1 Å². The lowest BCUT2D eigenvalue weighted by Crippen LogP contribution is -2.17. The molecule has 0 amide bonds. The van der Waals surface area contributed by atoms with E-state index in [9.17, 15) is 4.79 Å². The maximum atomic E-state index is 11.2. The van der Waals surface area contributed by atoms with Crippen LogP contribution < -0.4 is 0 Å². The van der Waals surface area contributed by atoms with Crippen molar-refractivity contribution >= 4 is 5.78 Å². The minimum absolute atomic E-state index is 0.0619. The third kappa shape index (κ3) is 9.88. The van der Waals surface area contributed by atoms with Crippen molar-refractivity contribution in [1.82, 2.24) is 0 Å². The SMILES string of the molecule is CC(C)CCOCCOCC(=O)C(C)C. The molecule has 0 heterocycles. The van der Waals surface area contributed by atoms with Crippen molar-refractivity contribution in [3.8, 4) is 0 Å². The molecule has 3 nitrogen and oxygen atoms in total. The van der Waals surface area contributed by atoms with Gasteiger partial charge in [0.15, 0.2) is 5.78 Å². The molecule has 0 aliphatic carbocycles. The molecular formula is C12H24O3. The summed E-state index contributed by atoms with van der Waals surface area (Å²) in [5, 5.41) is 0. The van der Waals surface area contributed by atoms with E-state index in [2.05, 4.69) is 13.8 Å². The lowest BCUT2D eigenvalue weighted by atomic mass is 10.1. The van der Waals surface area contributed by atoms with Gasteiger partial charge in [0.2, 0.25) is 0 Å². The summed E-state index contributed by atoms with van der Waals surface area (Å²) in [6.45, 7) is 10.2. The first kappa shape index (κ1) is 14.6. The van der Waals surface area contributed by atoms with Gasteiger partial charge in [-0.25, -0.2) is 0 Å². The highest BCUT2D eigenvalue weighted by Gasteiger charge is 2.06. The highest BCUT2D eigenvalue weighted by molar-refractivity contribution is 5.81. The largest absolute Gasteiger partial charge is 0.379 e. The first-order valence-electron chi connectivity index (χ1n) is 5.72. The highest BCUT2D eigenvalue weighted by Crippen LogP contribution is 1.98. The fourth-order valence-electron chi connectivity index (χ4n) is 0.878. The van der Waals surface area contributed by atoms with Crippen molar-refractivity contribution in [1.29, 1.82) is 0 Å². The summed E-state index contributed by atoms with van der Waals surface area (Å²) in [5.74, 6) is 0.887. The van der Waals surface area contributed by atoms with Crippen molar-refractivity contribution in [2.45, 2.75) is 34.1 Å². The van der Waals surface area contributed by atoms with E-state index in [0.717, 1.165) is 13.0 Å². The number of carbonyl (C=O) groups excluding carboxylic acids is 1. The number of carbonyl (C=O) groups is 1. The Morgan fingerprint density at radius 3 is 2.13 bits per heavy atom. The van der Waals surface area contributed by atoms with E-state index in [1.165, 1.54) is 0 Å². The molecule has 0 fully saturated rings. The molecule has 0 unspecified atom stereocenters. The Hall–Kier alpha value is -0.410. The molecular weight excluding hydrogens is 192 g/mol. The Balaban J connectivity index is 3.15. The van der Waals surface area contributed by atoms with E-state index >= 15 is 0 Å². The number of ether oxygens (including phenoxy) is 2. The summed E-state index contributed by atoms with van der Waals surface area (Å²) in [6, 6.07) is 0. The van der Waals surface area contributed by atoms with Crippen molar-refractivity contribution in [2.75, 3.05) is 26.4 Å². The van der Waals surface area contributed by atoms with Crippen LogP contribution in [0.15, 0.2) is 0 Å². The average Bonchev–Trinajstić information content (AvgIpc) is 2.15. The zero-order chi connectivity index (χ0) is 11.7. The zero-order valence-electron chi connectivity index (χ0n) is 10.4. The highest BCUT2D eigenvalue weighted by atomic mass is 16.5. The van der Waals surface area contributed by atoms with Gasteiger partial charge in [0.1, 0.15) is 6.61 Å². The molecule has 90 valence electrons. The van der Waals surface area contributed by atoms with Gasteiger partial charge in [0.05, 0.1) is 13.2 Å². The minimum atomic E-state index is 0.0619. The number of hydrogen-bond acceptors (Lipinski definition) is 3. The van der Waals surface area contributed by atoms with Gasteiger partial charge < -0.3 is 9.47 Å². The smallest absolute Gasteiger partial charge is 0.160 e. The summed E-state index contributed by atoms with van der Waals surface area (Å²) < 4.78 is 10.5. The van der Waals surface area contributed by atoms with Crippen LogP contribution in [0.3, 0.4) is 0 Å². The van der Waals surface area contributed by atoms with Crippen LogP contribution >= 0.6 is 0 Å². The van der Waals surface area contributed by atoms with Crippen LogP contribution in [0.2, 0.25) is 0 Å². The van der Waals surface area contributed by atoms with Crippen LogP contribution in [-0.2, 0) is 14.3 Å². The first-order valence-corrected chi connectivity index (χ1v) is 5.72. The van der Waals surface area contributed by atoms with Crippen molar-refractivity contribution in [3.63, 3.8) is 0 Å². The van der Waals surface area contributed by atoms with Gasteiger partial charge in [-0.15, -0.1) is 0 Å². The Morgan fingerprint density at radius 1 is 1.00 bits per heavy atom. The second kappa shape index (κ2) is 8.86. The van der Waals surface area contributed by atoms with E-state index in [1.807, 2.05) is 13.8 Å². The van der Waals surface area contributed by atoms with E-state index in [-0.39, 0.29) is 18.3 Å². The van der Waals surface area contributed by atoms with E-state index in [1.54, 1.807) is 0 Å². The van der Waals surface area contributed by atoms with Gasteiger partial charge in [-0.2, -0.15) is 0 Å². The summed E-state index contributed by atoms with van der Waals surface area (Å²) in [6.07, 6.45) is 1.07. The molecule has 0 radical (unpaired) electrons. The number of hydrogen-bond donors (Lipinski definition) is 0. The quantitative estimate of drug-likeness (QED) is 0.555. The fourth-order valence-corrected chi connectivity index (χ4v) is 0.878. The van der Waals surface area contributed by atoms with Crippen molar-refractivity contribution < 1.29 is 14.3 Å². The minimum Gasteiger partial charge on any atom is -0.379 e. The normalized spacial score (nSPS) is 11.3. The third-order valence-corrected chi connectivity index (χ3v) is 2.10. The lowest BCUT2D eigenvalue weighted by molar-refractivity contribution is -0.127. The molecule has 0 saturated carbocycles. The van der Waals surface area contributed by atoms with Gasteiger partial charge in [0, 0.05) is 12.5 Å². The number of Topliss-reactive ketones (excluding diaryl/α,β-unsaturated/α-hetero) is 1. The molecule has 3 heteroatoms. The van der Waals surface area contributed by atoms with Gasteiger partial charge in [0.25, 0.3) is 0 Å². The van der Waals surface area contributed by atoms with E-state index in [4.69, 9.17) is 9.47 Å². The summed E-state index contributed by atoms with van der Waals surface area (Å²) in [7, 11) is 0. The molecule has 0 aliphatic rings. The number of rotatable bonds is 9. The molecule has 15 heavy (non-hydrogen) atoms. The maximum Gasteiger partial charge on any atom is 0.160 e. The van der Waals surface area contributed by atoms with Gasteiger partial charge in [-0.3, -0.25) is 4.79 Å². The third-order valence-electron chi connectivity index (χ3n) is 2.10. The van der Waals surface area contributed by atoms with Gasteiger partial charge >= 0.3 is 0 Å². The predicted octanol–water partition coefficient (Wildman–Crippen LogP) is 2.29. The van der Waals surface area contributed by atoms with Crippen LogP contribution in [-0.4, -0.2) is 32.2 Å². The standard InChI is InChI=1S/C12H24O3/c1-10(2)5-6-14-7-8-15-9-12(13)11(3)4/h10-11H,5-9H2,1-4H3. The van der Waals surface area contributed by atoms with Crippen molar-refractivity contribution in [3.05, 3.63) is 0 Å². The molecule has 0 atom stereocenters. The summed E-state index contributed by atoms with van der Waals surface area (Å²) in [5.41, 5.74) is 0. The fraction of sp³-hybridized carbons (Fsp3) is 0.917. The molecule has 0 spiro atoms. The second-order valence-electron chi connectivity index (χ2n) is 4.47. The molecule has 0 N–H and O–H groups in total. The molecule has 0 rings (SSSR count). The van der Waals surface area contributed by atoms with E-state index < -0.39 is 0 Å². The Kier molecular flexibility index (Phi) is 8.62. The van der Waals surface area contributed by atoms with Crippen LogP contribution in [0.25, 0.3) is 0 Å². The summed E-state index contributed by atoms with van der Waals surface area (Å²) >= 11 is 0. The van der Waals surface area contributed by atoms with Crippen LogP contribution in [0.5, 0.6) is 0 Å². The molecule has 0 aliphatic heterocycles. The Labute approximate surface area is 93.1 Å². The summed E-state index contributed by atoms with van der Waals surface area (Å²) in [4.78, 5) is 11.2. The van der Waals surface area contributed by atoms with Gasteiger partial charge in [-0.1, -0.05) is 27.7 Å². The topological polar surface area (TPSA) is 35.5 Å². The predicted molar refractivity (Wildman–Crippen MR) is 60.9 cm³/mol. The average molecular weight is 216 g/mol. The number of ketones is 1. The van der Waals surface area contributed by atoms with Crippen molar-refractivity contribution in [2.24, 2.45) is 11.8 Å². The maximum absolute atomic E-state index is 11.2. The Morgan fingerprint density at radius 2 is 1.60 bits per heavy atom. The van der Waals surface area contributed by atoms with Gasteiger partial charge in [-0.05, 0) is 12.3 Å². The Bertz CT molecular complexity index is 164. The van der Waals surface area contributed by atoms with Crippen LogP contribution in [0.1, 0.15) is 34.1 Å². The molecule has 0 aromatic rings. The lowest BCUT2D eigenvalue weighted by Gasteiger charge is -2.07. The molecule has 0 aromatic carbocycles.